The molecular weight excluding hydrogens is 366 g/mol. The van der Waals surface area contributed by atoms with Crippen molar-refractivity contribution in [1.29, 1.82) is 0 Å². The highest BCUT2D eigenvalue weighted by molar-refractivity contribution is 6.07. The van der Waals surface area contributed by atoms with Crippen LogP contribution in [0.3, 0.4) is 0 Å². The fraction of sp³-hybridized carbons (Fsp3) is 0.174. The number of ether oxygens (including phenoxy) is 1. The molecule has 0 bridgehead atoms. The van der Waals surface area contributed by atoms with Crippen LogP contribution in [0.1, 0.15) is 26.3 Å². The molecule has 6 nitrogen and oxygen atoms in total. The van der Waals surface area contributed by atoms with Crippen LogP contribution >= 0.6 is 0 Å². The summed E-state index contributed by atoms with van der Waals surface area (Å²) in [6, 6.07) is 18.8. The van der Waals surface area contributed by atoms with E-state index in [0.717, 1.165) is 22.8 Å². The molecule has 146 valence electrons. The monoisotopic (exact) mass is 387 g/mol. The summed E-state index contributed by atoms with van der Waals surface area (Å²) in [6.45, 7) is 0.574. The smallest absolute Gasteiger partial charge is 0.337 e. The van der Waals surface area contributed by atoms with E-state index in [-0.39, 0.29) is 11.9 Å². The fourth-order valence-electron chi connectivity index (χ4n) is 3.51. The first-order valence-electron chi connectivity index (χ1n) is 9.36. The first-order chi connectivity index (χ1) is 14.1. The number of amides is 1. The first-order valence-corrected chi connectivity index (χ1v) is 9.36. The lowest BCUT2D eigenvalue weighted by atomic mass is 10.1. The molecule has 0 radical (unpaired) electrons. The Hall–Kier alpha value is -3.67. The molecule has 1 aliphatic heterocycles. The lowest BCUT2D eigenvalue weighted by Gasteiger charge is -2.20. The summed E-state index contributed by atoms with van der Waals surface area (Å²) >= 11 is 0. The second-order valence-electron chi connectivity index (χ2n) is 6.84. The van der Waals surface area contributed by atoms with E-state index in [0.29, 0.717) is 24.1 Å². The third-order valence-electron chi connectivity index (χ3n) is 5.12. The molecule has 3 aromatic rings. The van der Waals surface area contributed by atoms with Crippen LogP contribution in [-0.2, 0) is 11.2 Å². The molecular formula is C23H21N3O3. The highest BCUT2D eigenvalue weighted by atomic mass is 16.5. The number of carbonyl (C=O) groups is 2. The Labute approximate surface area is 169 Å². The summed E-state index contributed by atoms with van der Waals surface area (Å²) in [5.41, 5.74) is 3.84. The van der Waals surface area contributed by atoms with Crippen molar-refractivity contribution in [2.24, 2.45) is 0 Å². The quantitative estimate of drug-likeness (QED) is 0.637. The number of fused-ring (bicyclic) bond motifs is 1. The van der Waals surface area contributed by atoms with Crippen molar-refractivity contribution in [2.45, 2.75) is 6.42 Å². The topological polar surface area (TPSA) is 62.7 Å². The highest BCUT2D eigenvalue weighted by Crippen LogP contribution is 2.30. The second kappa shape index (κ2) is 7.75. The number of carbonyl (C=O) groups excluding carboxylic acids is 2. The lowest BCUT2D eigenvalue weighted by molar-refractivity contribution is 0.0600. The molecule has 0 saturated heterocycles. The van der Waals surface area contributed by atoms with Crippen molar-refractivity contribution in [3.63, 3.8) is 0 Å². The summed E-state index contributed by atoms with van der Waals surface area (Å²) in [5, 5.41) is 0. The molecule has 0 saturated carbocycles. The molecule has 2 heterocycles. The highest BCUT2D eigenvalue weighted by Gasteiger charge is 2.26. The molecule has 0 N–H and O–H groups in total. The lowest BCUT2D eigenvalue weighted by Crippen LogP contribution is -2.29. The van der Waals surface area contributed by atoms with Gasteiger partial charge in [-0.2, -0.15) is 0 Å². The van der Waals surface area contributed by atoms with Gasteiger partial charge in [0.25, 0.3) is 5.91 Å². The van der Waals surface area contributed by atoms with Gasteiger partial charge in [0.15, 0.2) is 0 Å². The molecule has 1 aromatic heterocycles. The van der Waals surface area contributed by atoms with Crippen LogP contribution in [0.2, 0.25) is 0 Å². The molecule has 6 heteroatoms. The number of benzene rings is 2. The number of hydrogen-bond donors (Lipinski definition) is 0. The second-order valence-corrected chi connectivity index (χ2v) is 6.84. The SMILES string of the molecule is COC(=O)c1ccc2c(c1)CCN2C(=O)c1ccc(N(C)c2ccccc2)nc1. The van der Waals surface area contributed by atoms with Crippen LogP contribution in [0.15, 0.2) is 66.9 Å². The van der Waals surface area contributed by atoms with E-state index >= 15 is 0 Å². The Morgan fingerprint density at radius 3 is 2.48 bits per heavy atom. The zero-order valence-corrected chi connectivity index (χ0v) is 16.3. The number of aromatic nitrogens is 1. The van der Waals surface area contributed by atoms with Gasteiger partial charge in [-0.05, 0) is 54.4 Å². The Morgan fingerprint density at radius 2 is 1.79 bits per heavy atom. The van der Waals surface area contributed by atoms with Crippen LogP contribution in [0.4, 0.5) is 17.2 Å². The van der Waals surface area contributed by atoms with Crippen molar-refractivity contribution < 1.29 is 14.3 Å². The van der Waals surface area contributed by atoms with Gasteiger partial charge in [-0.3, -0.25) is 4.79 Å². The van der Waals surface area contributed by atoms with Gasteiger partial charge in [0.2, 0.25) is 0 Å². The minimum Gasteiger partial charge on any atom is -0.465 e. The predicted octanol–water partition coefficient (Wildman–Crippen LogP) is 3.84. The Morgan fingerprint density at radius 1 is 1.03 bits per heavy atom. The number of rotatable bonds is 4. The third-order valence-corrected chi connectivity index (χ3v) is 5.12. The normalized spacial score (nSPS) is 12.4. The predicted molar refractivity (Wildman–Crippen MR) is 112 cm³/mol. The molecule has 0 spiro atoms. The van der Waals surface area contributed by atoms with Gasteiger partial charge in [0.05, 0.1) is 18.2 Å². The molecule has 2 aromatic carbocycles. The fourth-order valence-corrected chi connectivity index (χ4v) is 3.51. The average molecular weight is 387 g/mol. The van der Waals surface area contributed by atoms with E-state index in [4.69, 9.17) is 4.74 Å². The molecule has 29 heavy (non-hydrogen) atoms. The molecule has 0 fully saturated rings. The van der Waals surface area contributed by atoms with Gasteiger partial charge in [-0.1, -0.05) is 18.2 Å². The van der Waals surface area contributed by atoms with Crippen LogP contribution < -0.4 is 9.80 Å². The summed E-state index contributed by atoms with van der Waals surface area (Å²) < 4.78 is 4.77. The zero-order valence-electron chi connectivity index (χ0n) is 16.3. The van der Waals surface area contributed by atoms with E-state index < -0.39 is 0 Å². The number of hydrogen-bond acceptors (Lipinski definition) is 5. The van der Waals surface area contributed by atoms with E-state index in [1.165, 1.54) is 7.11 Å². The van der Waals surface area contributed by atoms with Crippen molar-refractivity contribution in [3.05, 3.63) is 83.6 Å². The molecule has 0 aliphatic carbocycles. The average Bonchev–Trinajstić information content (AvgIpc) is 3.21. The summed E-state index contributed by atoms with van der Waals surface area (Å²) in [4.78, 5) is 32.9. The minimum atomic E-state index is -0.375. The van der Waals surface area contributed by atoms with Crippen LogP contribution in [-0.4, -0.2) is 37.6 Å². The molecule has 0 atom stereocenters. The number of nitrogens with zero attached hydrogens (tertiary/aromatic N) is 3. The van der Waals surface area contributed by atoms with E-state index in [1.54, 1.807) is 35.4 Å². The first kappa shape index (κ1) is 18.7. The molecule has 1 amide bonds. The van der Waals surface area contributed by atoms with Crippen molar-refractivity contribution in [1.82, 2.24) is 4.98 Å². The minimum absolute atomic E-state index is 0.101. The maximum absolute atomic E-state index is 13.0. The van der Waals surface area contributed by atoms with Gasteiger partial charge >= 0.3 is 5.97 Å². The number of methoxy groups -OCH3 is 1. The molecule has 4 rings (SSSR count). The number of para-hydroxylation sites is 1. The Bertz CT molecular complexity index is 1050. The number of esters is 1. The van der Waals surface area contributed by atoms with Gasteiger partial charge in [-0.15, -0.1) is 0 Å². The standard InChI is InChI=1S/C23H21N3O3/c1-25(19-6-4-3-5-7-19)21-11-9-18(15-24-21)22(27)26-13-12-16-14-17(23(28)29-2)8-10-20(16)26/h3-11,14-15H,12-13H2,1-2H3. The van der Waals surface area contributed by atoms with Gasteiger partial charge in [-0.25, -0.2) is 9.78 Å². The summed E-state index contributed by atoms with van der Waals surface area (Å²) in [6.07, 6.45) is 2.31. The van der Waals surface area contributed by atoms with Crippen LogP contribution in [0.5, 0.6) is 0 Å². The summed E-state index contributed by atoms with van der Waals surface area (Å²) in [5.74, 6) is 0.285. The third kappa shape index (κ3) is 3.57. The number of pyridine rings is 1. The van der Waals surface area contributed by atoms with E-state index in [1.807, 2.05) is 48.3 Å². The summed E-state index contributed by atoms with van der Waals surface area (Å²) in [7, 11) is 3.30. The Kier molecular flexibility index (Phi) is 4.99. The zero-order chi connectivity index (χ0) is 20.4. The van der Waals surface area contributed by atoms with E-state index in [9.17, 15) is 9.59 Å². The van der Waals surface area contributed by atoms with Crippen molar-refractivity contribution >= 4 is 29.1 Å². The van der Waals surface area contributed by atoms with Crippen molar-refractivity contribution in [3.8, 4) is 0 Å². The Balaban J connectivity index is 1.53. The van der Waals surface area contributed by atoms with Gasteiger partial charge in [0, 0.05) is 31.2 Å². The van der Waals surface area contributed by atoms with Crippen LogP contribution in [0, 0.1) is 0 Å². The van der Waals surface area contributed by atoms with Crippen LogP contribution in [0.25, 0.3) is 0 Å². The van der Waals surface area contributed by atoms with Gasteiger partial charge < -0.3 is 14.5 Å². The van der Waals surface area contributed by atoms with Gasteiger partial charge in [0.1, 0.15) is 5.82 Å². The number of anilines is 3. The molecule has 1 aliphatic rings. The maximum Gasteiger partial charge on any atom is 0.337 e. The maximum atomic E-state index is 13.0. The van der Waals surface area contributed by atoms with E-state index in [2.05, 4.69) is 4.98 Å². The van der Waals surface area contributed by atoms with Crippen molar-refractivity contribution in [2.75, 3.05) is 30.5 Å². The largest absolute Gasteiger partial charge is 0.465 e. The molecule has 0 unspecified atom stereocenters.